The van der Waals surface area contributed by atoms with Crippen LogP contribution in [0.4, 0.5) is 5.82 Å². The molecule has 1 saturated carbocycles. The van der Waals surface area contributed by atoms with Crippen LogP contribution in [0.2, 0.25) is 0 Å². The van der Waals surface area contributed by atoms with Gasteiger partial charge in [0.05, 0.1) is 11.7 Å². The predicted molar refractivity (Wildman–Crippen MR) is 142 cm³/mol. The molecule has 1 aliphatic carbocycles. The van der Waals surface area contributed by atoms with Crippen LogP contribution in [0.25, 0.3) is 11.3 Å². The van der Waals surface area contributed by atoms with E-state index in [0.717, 1.165) is 67.4 Å². The van der Waals surface area contributed by atoms with Gasteiger partial charge in [-0.3, -0.25) is 0 Å². The molecule has 2 fully saturated rings. The fraction of sp³-hybridized carbons (Fsp3) is 0.448. The summed E-state index contributed by atoms with van der Waals surface area (Å²) in [6.45, 7) is 13.7. The smallest absolute Gasteiger partial charge is 0.157 e. The number of nitrogens with one attached hydrogen (secondary N) is 2. The van der Waals surface area contributed by atoms with E-state index in [4.69, 9.17) is 10.1 Å². The van der Waals surface area contributed by atoms with Gasteiger partial charge in [0, 0.05) is 60.3 Å². The Labute approximate surface area is 208 Å². The number of hydrogen-bond acceptors (Lipinski definition) is 5. The molecule has 0 unspecified atom stereocenters. The van der Waals surface area contributed by atoms with Crippen LogP contribution in [0.15, 0.2) is 49.2 Å². The Kier molecular flexibility index (Phi) is 5.75. The number of rotatable bonds is 1. The maximum atomic E-state index is 5.12. The van der Waals surface area contributed by atoms with Crippen molar-refractivity contribution >= 4 is 17.2 Å². The first-order valence-corrected chi connectivity index (χ1v) is 13.2. The predicted octanol–water partition coefficient (Wildman–Crippen LogP) is 5.57. The van der Waals surface area contributed by atoms with Gasteiger partial charge in [-0.25, -0.2) is 4.98 Å². The molecule has 0 radical (unpaired) electrons. The van der Waals surface area contributed by atoms with Crippen molar-refractivity contribution in [1.82, 2.24) is 24.8 Å². The van der Waals surface area contributed by atoms with Crippen molar-refractivity contribution in [2.75, 3.05) is 25.0 Å². The first-order chi connectivity index (χ1) is 17.1. The van der Waals surface area contributed by atoms with Crippen LogP contribution < -0.4 is 10.6 Å². The second kappa shape index (κ2) is 9.06. The summed E-state index contributed by atoms with van der Waals surface area (Å²) in [5, 5.41) is 12.3. The molecule has 2 aromatic heterocycles. The van der Waals surface area contributed by atoms with Crippen LogP contribution in [0.3, 0.4) is 0 Å². The van der Waals surface area contributed by atoms with E-state index < -0.39 is 0 Å². The van der Waals surface area contributed by atoms with E-state index in [1.54, 1.807) is 0 Å². The third-order valence-electron chi connectivity index (χ3n) is 7.73. The van der Waals surface area contributed by atoms with Gasteiger partial charge >= 0.3 is 0 Å². The third-order valence-corrected chi connectivity index (χ3v) is 7.73. The van der Waals surface area contributed by atoms with Gasteiger partial charge in [0.15, 0.2) is 5.65 Å². The molecule has 1 saturated heterocycles. The number of allylic oxidation sites excluding steroid dienone is 1. The van der Waals surface area contributed by atoms with Crippen molar-refractivity contribution in [3.05, 3.63) is 77.3 Å². The highest BCUT2D eigenvalue weighted by molar-refractivity contribution is 5.66. The lowest BCUT2D eigenvalue weighted by molar-refractivity contribution is 0.226. The summed E-state index contributed by atoms with van der Waals surface area (Å²) in [5.41, 5.74) is 9.29. The van der Waals surface area contributed by atoms with Crippen molar-refractivity contribution < 1.29 is 0 Å². The summed E-state index contributed by atoms with van der Waals surface area (Å²) < 4.78 is 2.01. The molecular formula is C29H36N6. The highest BCUT2D eigenvalue weighted by atomic mass is 15.3. The molecular weight excluding hydrogens is 432 g/mol. The third kappa shape index (κ3) is 4.42. The number of aromatic nitrogens is 3. The molecule has 182 valence electrons. The number of nitrogens with zero attached hydrogens (tertiary/aromatic N) is 4. The molecule has 2 aliphatic heterocycles. The van der Waals surface area contributed by atoms with Crippen LogP contribution in [-0.4, -0.2) is 39.1 Å². The van der Waals surface area contributed by atoms with E-state index in [2.05, 4.69) is 65.9 Å². The van der Waals surface area contributed by atoms with E-state index in [0.29, 0.717) is 5.92 Å². The Hall–Kier alpha value is -3.28. The molecule has 0 amide bonds. The minimum Gasteiger partial charge on any atom is -0.387 e. The van der Waals surface area contributed by atoms with Crippen LogP contribution in [-0.2, 0) is 6.42 Å². The second-order valence-corrected chi connectivity index (χ2v) is 10.4. The lowest BCUT2D eigenvalue weighted by Gasteiger charge is -2.38. The number of fused-ring (bicyclic) bond motifs is 4. The van der Waals surface area contributed by atoms with E-state index in [-0.39, 0.29) is 6.04 Å². The second-order valence-electron chi connectivity index (χ2n) is 10.4. The highest BCUT2D eigenvalue weighted by Crippen LogP contribution is 2.41. The highest BCUT2D eigenvalue weighted by Gasteiger charge is 2.30. The molecule has 1 atom stereocenters. The van der Waals surface area contributed by atoms with Crippen molar-refractivity contribution in [3.8, 4) is 0 Å². The average molecular weight is 469 g/mol. The molecule has 4 heterocycles. The van der Waals surface area contributed by atoms with E-state index >= 15 is 0 Å². The number of anilines is 1. The lowest BCUT2D eigenvalue weighted by atomic mass is 9.93. The van der Waals surface area contributed by atoms with Gasteiger partial charge in [-0.05, 0) is 63.5 Å². The number of hydrogen-bond donors (Lipinski definition) is 2. The Morgan fingerprint density at radius 1 is 0.943 bits per heavy atom. The maximum absolute atomic E-state index is 5.12. The van der Waals surface area contributed by atoms with E-state index in [1.165, 1.54) is 48.1 Å². The minimum atomic E-state index is 0.216. The summed E-state index contributed by atoms with van der Waals surface area (Å²) in [4.78, 5) is 7.52. The van der Waals surface area contributed by atoms with Crippen LogP contribution in [0, 0.1) is 6.92 Å². The van der Waals surface area contributed by atoms with E-state index in [1.807, 2.05) is 4.52 Å². The average Bonchev–Trinajstić information content (AvgIpc) is 3.63. The van der Waals surface area contributed by atoms with Gasteiger partial charge in [-0.1, -0.05) is 30.9 Å². The molecule has 3 aliphatic rings. The Balaban J connectivity index is 1.45. The fourth-order valence-electron chi connectivity index (χ4n) is 5.59. The summed E-state index contributed by atoms with van der Waals surface area (Å²) in [7, 11) is 0. The SMILES string of the molecule is C=C1CCc2ccc(C)cc2C(=C)N2CCCC[C@H]2c2cc3nc(C4CC4)cc(n3n2)NCCN1. The zero-order valence-corrected chi connectivity index (χ0v) is 20.8. The molecule has 6 rings (SSSR count). The van der Waals surface area contributed by atoms with Gasteiger partial charge < -0.3 is 15.5 Å². The molecule has 0 spiro atoms. The summed E-state index contributed by atoms with van der Waals surface area (Å²) in [6, 6.07) is 11.4. The molecule has 6 nitrogen and oxygen atoms in total. The fourth-order valence-corrected chi connectivity index (χ4v) is 5.59. The van der Waals surface area contributed by atoms with Crippen LogP contribution in [0.1, 0.15) is 78.6 Å². The zero-order chi connectivity index (χ0) is 23.9. The zero-order valence-electron chi connectivity index (χ0n) is 20.8. The van der Waals surface area contributed by atoms with Gasteiger partial charge in [0.2, 0.25) is 0 Å². The minimum absolute atomic E-state index is 0.216. The topological polar surface area (TPSA) is 57.5 Å². The summed E-state index contributed by atoms with van der Waals surface area (Å²) in [6.07, 6.45) is 7.82. The summed E-state index contributed by atoms with van der Waals surface area (Å²) >= 11 is 0. The molecule has 6 heteroatoms. The van der Waals surface area contributed by atoms with Crippen molar-refractivity contribution in [2.24, 2.45) is 0 Å². The van der Waals surface area contributed by atoms with Gasteiger partial charge in [-0.2, -0.15) is 9.61 Å². The standard InChI is InChI=1S/C29H36N6/c1-19-7-9-22-10-8-20(2)30-13-14-31-28-17-25(23-11-12-23)32-29-18-26(33-35(28)29)27-6-4-5-15-34(27)21(3)24(22)16-19/h7,9,16-18,23,27,30-31H,2-6,8,10-15H2,1H3/t27-/m0/s1. The Morgan fingerprint density at radius 3 is 2.66 bits per heavy atom. The first-order valence-electron chi connectivity index (χ1n) is 13.2. The maximum Gasteiger partial charge on any atom is 0.157 e. The molecule has 2 N–H and O–H groups in total. The van der Waals surface area contributed by atoms with Crippen molar-refractivity contribution in [2.45, 2.75) is 63.8 Å². The quantitative estimate of drug-likeness (QED) is 0.489. The normalized spacial score (nSPS) is 21.4. The largest absolute Gasteiger partial charge is 0.387 e. The Morgan fingerprint density at radius 2 is 1.80 bits per heavy atom. The molecule has 1 aromatic carbocycles. The number of piperidine rings is 1. The van der Waals surface area contributed by atoms with Gasteiger partial charge in [0.25, 0.3) is 0 Å². The van der Waals surface area contributed by atoms with E-state index in [9.17, 15) is 0 Å². The van der Waals surface area contributed by atoms with Crippen molar-refractivity contribution in [3.63, 3.8) is 0 Å². The Bertz CT molecular complexity index is 1280. The lowest BCUT2D eigenvalue weighted by Crippen LogP contribution is -2.32. The molecule has 3 aromatic rings. The van der Waals surface area contributed by atoms with Gasteiger partial charge in [-0.15, -0.1) is 0 Å². The summed E-state index contributed by atoms with van der Waals surface area (Å²) in [5.74, 6) is 1.63. The number of aryl methyl sites for hydroxylation is 2. The molecule has 35 heavy (non-hydrogen) atoms. The number of benzene rings is 1. The van der Waals surface area contributed by atoms with Crippen LogP contribution >= 0.6 is 0 Å². The monoisotopic (exact) mass is 468 g/mol. The first kappa shape index (κ1) is 22.2. The van der Waals surface area contributed by atoms with Crippen molar-refractivity contribution in [1.29, 1.82) is 0 Å². The molecule has 2 bridgehead atoms. The van der Waals surface area contributed by atoms with Crippen LogP contribution in [0.5, 0.6) is 0 Å². The van der Waals surface area contributed by atoms with Gasteiger partial charge in [0.1, 0.15) is 5.82 Å².